The number of rotatable bonds is 2. The van der Waals surface area contributed by atoms with Crippen LogP contribution in [0.5, 0.6) is 5.75 Å². The maximum atomic E-state index is 11.1. The first-order chi connectivity index (χ1) is 6.27. The molecule has 5 heteroatoms. The molecule has 0 spiro atoms. The molecule has 0 saturated carbocycles. The van der Waals surface area contributed by atoms with Crippen LogP contribution in [0.15, 0.2) is 34.2 Å². The van der Waals surface area contributed by atoms with Crippen molar-refractivity contribution in [3.63, 3.8) is 0 Å². The second-order valence-electron chi connectivity index (χ2n) is 2.21. The zero-order valence-corrected chi connectivity index (χ0v) is 6.97. The summed E-state index contributed by atoms with van der Waals surface area (Å²) in [6, 6.07) is 5.71. The molecule has 0 aliphatic heterocycles. The van der Waals surface area contributed by atoms with Gasteiger partial charge < -0.3 is 4.74 Å². The summed E-state index contributed by atoms with van der Waals surface area (Å²) in [4.78, 5) is 13.7. The Bertz CT molecular complexity index is 410. The molecule has 0 N–H and O–H groups in total. The molecule has 0 bridgehead atoms. The van der Waals surface area contributed by atoms with E-state index in [0.29, 0.717) is 5.69 Å². The molecular formula is C8H7N3O2. The van der Waals surface area contributed by atoms with Gasteiger partial charge in [0, 0.05) is 10.6 Å². The van der Waals surface area contributed by atoms with Crippen LogP contribution < -0.4 is 10.2 Å². The Morgan fingerprint density at radius 1 is 1.38 bits per heavy atom. The highest BCUT2D eigenvalue weighted by Crippen LogP contribution is 2.11. The lowest BCUT2D eigenvalue weighted by atomic mass is 10.4. The average molecular weight is 177 g/mol. The van der Waals surface area contributed by atoms with Gasteiger partial charge in [0.1, 0.15) is 0 Å². The lowest BCUT2D eigenvalue weighted by Crippen LogP contribution is -1.98. The van der Waals surface area contributed by atoms with Gasteiger partial charge in [0.2, 0.25) is 5.43 Å². The largest absolute Gasteiger partial charge is 0.493 e. The predicted molar refractivity (Wildman–Crippen MR) is 48.1 cm³/mol. The molecule has 1 aromatic carbocycles. The fourth-order valence-corrected chi connectivity index (χ4v) is 0.829. The summed E-state index contributed by atoms with van der Waals surface area (Å²) in [5.74, 6) is 0.222. The molecular weight excluding hydrogens is 170 g/mol. The molecule has 66 valence electrons. The molecule has 1 aromatic rings. The van der Waals surface area contributed by atoms with Gasteiger partial charge in [-0.3, -0.25) is 4.79 Å². The highest BCUT2D eigenvalue weighted by Gasteiger charge is 1.94. The zero-order valence-electron chi connectivity index (χ0n) is 6.97. The first kappa shape index (κ1) is 9.09. The summed E-state index contributed by atoms with van der Waals surface area (Å²) in [5, 5.41) is 3.35. The fourth-order valence-electron chi connectivity index (χ4n) is 0.829. The minimum absolute atomic E-state index is 0.222. The molecule has 1 rings (SSSR count). The molecule has 13 heavy (non-hydrogen) atoms. The second kappa shape index (κ2) is 4.13. The number of ether oxygens (including phenoxy) is 1. The SMILES string of the molecule is COc1ccc(N=[N+]=[N-])ccc1=O. The highest BCUT2D eigenvalue weighted by atomic mass is 16.5. The van der Waals surface area contributed by atoms with Crippen LogP contribution in [0.1, 0.15) is 0 Å². The number of hydrogen-bond acceptors (Lipinski definition) is 3. The number of nitrogens with zero attached hydrogens (tertiary/aromatic N) is 3. The third kappa shape index (κ3) is 2.21. The second-order valence-corrected chi connectivity index (χ2v) is 2.21. The van der Waals surface area contributed by atoms with E-state index in [1.54, 1.807) is 0 Å². The molecule has 0 aliphatic carbocycles. The third-order valence-corrected chi connectivity index (χ3v) is 1.43. The summed E-state index contributed by atoms with van der Waals surface area (Å²) >= 11 is 0. The van der Waals surface area contributed by atoms with Crippen molar-refractivity contribution in [2.24, 2.45) is 5.11 Å². The monoisotopic (exact) mass is 177 g/mol. The summed E-state index contributed by atoms with van der Waals surface area (Å²) < 4.78 is 4.79. The van der Waals surface area contributed by atoms with Gasteiger partial charge in [-0.25, -0.2) is 0 Å². The van der Waals surface area contributed by atoms with Crippen molar-refractivity contribution < 1.29 is 4.74 Å². The molecule has 0 unspecified atom stereocenters. The van der Waals surface area contributed by atoms with E-state index >= 15 is 0 Å². The normalized spacial score (nSPS) is 8.69. The topological polar surface area (TPSA) is 75.1 Å². The number of hydrogen-bond donors (Lipinski definition) is 0. The summed E-state index contributed by atoms with van der Waals surface area (Å²) in [6.45, 7) is 0. The van der Waals surface area contributed by atoms with E-state index in [-0.39, 0.29) is 11.2 Å². The maximum absolute atomic E-state index is 11.1. The van der Waals surface area contributed by atoms with Gasteiger partial charge in [-0.1, -0.05) is 5.11 Å². The Labute approximate surface area is 74.2 Å². The van der Waals surface area contributed by atoms with E-state index in [1.807, 2.05) is 0 Å². The van der Waals surface area contributed by atoms with Crippen LogP contribution in [-0.2, 0) is 0 Å². The fraction of sp³-hybridized carbons (Fsp3) is 0.125. The van der Waals surface area contributed by atoms with Gasteiger partial charge in [0.05, 0.1) is 7.11 Å². The zero-order chi connectivity index (χ0) is 9.68. The molecule has 0 aliphatic rings. The van der Waals surface area contributed by atoms with Crippen molar-refractivity contribution in [1.29, 1.82) is 0 Å². The molecule has 0 amide bonds. The van der Waals surface area contributed by atoms with Crippen LogP contribution in [0.2, 0.25) is 0 Å². The van der Waals surface area contributed by atoms with Crippen molar-refractivity contribution in [3.05, 3.63) is 44.9 Å². The Morgan fingerprint density at radius 3 is 2.69 bits per heavy atom. The van der Waals surface area contributed by atoms with Crippen LogP contribution in [0, 0.1) is 0 Å². The summed E-state index contributed by atoms with van der Waals surface area (Å²) in [5.41, 5.74) is 8.28. The molecule has 0 radical (unpaired) electrons. The average Bonchev–Trinajstić information content (AvgIpc) is 2.30. The third-order valence-electron chi connectivity index (χ3n) is 1.43. The van der Waals surface area contributed by atoms with Crippen LogP contribution >= 0.6 is 0 Å². The van der Waals surface area contributed by atoms with Gasteiger partial charge in [0.15, 0.2) is 5.75 Å². The highest BCUT2D eigenvalue weighted by molar-refractivity contribution is 5.38. The Kier molecular flexibility index (Phi) is 2.89. The molecule has 0 fully saturated rings. The standard InChI is InChI=1S/C8H7N3O2/c1-13-8-5-3-6(10-11-9)2-4-7(8)12/h2-5H,1H3. The van der Waals surface area contributed by atoms with Crippen molar-refractivity contribution >= 4 is 5.69 Å². The number of methoxy groups -OCH3 is 1. The van der Waals surface area contributed by atoms with Crippen molar-refractivity contribution in [3.8, 4) is 5.75 Å². The number of azide groups is 1. The smallest absolute Gasteiger partial charge is 0.220 e. The molecule has 0 aromatic heterocycles. The molecule has 5 nitrogen and oxygen atoms in total. The molecule has 0 atom stereocenters. The Balaban J connectivity index is 3.31. The van der Waals surface area contributed by atoms with Crippen LogP contribution in [-0.4, -0.2) is 7.11 Å². The van der Waals surface area contributed by atoms with Gasteiger partial charge in [-0.05, 0) is 29.8 Å². The molecule has 0 heterocycles. The van der Waals surface area contributed by atoms with Crippen LogP contribution in [0.4, 0.5) is 5.69 Å². The maximum Gasteiger partial charge on any atom is 0.220 e. The van der Waals surface area contributed by atoms with E-state index in [4.69, 9.17) is 10.3 Å². The molecule has 0 saturated heterocycles. The van der Waals surface area contributed by atoms with Gasteiger partial charge in [-0.2, -0.15) is 0 Å². The van der Waals surface area contributed by atoms with Crippen molar-refractivity contribution in [2.75, 3.05) is 7.11 Å². The first-order valence-electron chi connectivity index (χ1n) is 3.51. The van der Waals surface area contributed by atoms with E-state index in [0.717, 1.165) is 0 Å². The van der Waals surface area contributed by atoms with E-state index < -0.39 is 0 Å². The minimum Gasteiger partial charge on any atom is -0.493 e. The predicted octanol–water partition coefficient (Wildman–Crippen LogP) is 2.00. The Morgan fingerprint density at radius 2 is 2.08 bits per heavy atom. The van der Waals surface area contributed by atoms with E-state index in [2.05, 4.69) is 10.0 Å². The summed E-state index contributed by atoms with van der Waals surface area (Å²) in [7, 11) is 1.41. The lowest BCUT2D eigenvalue weighted by Gasteiger charge is -1.89. The van der Waals surface area contributed by atoms with Crippen LogP contribution in [0.25, 0.3) is 10.4 Å². The quantitative estimate of drug-likeness (QED) is 0.393. The van der Waals surface area contributed by atoms with Crippen molar-refractivity contribution in [2.45, 2.75) is 0 Å². The van der Waals surface area contributed by atoms with E-state index in [9.17, 15) is 4.79 Å². The lowest BCUT2D eigenvalue weighted by molar-refractivity contribution is 0.411. The summed E-state index contributed by atoms with van der Waals surface area (Å²) in [6.07, 6.45) is 0. The minimum atomic E-state index is -0.248. The van der Waals surface area contributed by atoms with Gasteiger partial charge in [0.25, 0.3) is 0 Å². The van der Waals surface area contributed by atoms with E-state index in [1.165, 1.54) is 31.4 Å². The first-order valence-corrected chi connectivity index (χ1v) is 3.51. The van der Waals surface area contributed by atoms with Crippen molar-refractivity contribution in [1.82, 2.24) is 0 Å². The van der Waals surface area contributed by atoms with Gasteiger partial charge >= 0.3 is 0 Å². The van der Waals surface area contributed by atoms with Crippen LogP contribution in [0.3, 0.4) is 0 Å². The Hall–Kier alpha value is -2.00. The van der Waals surface area contributed by atoms with Gasteiger partial charge in [-0.15, -0.1) is 0 Å².